The zero-order valence-electron chi connectivity index (χ0n) is 19.0. The van der Waals surface area contributed by atoms with Gasteiger partial charge in [-0.25, -0.2) is 4.79 Å². The fourth-order valence-corrected chi connectivity index (χ4v) is 5.22. The summed E-state index contributed by atoms with van der Waals surface area (Å²) < 4.78 is 50.0. The molecule has 0 aromatic heterocycles. The monoisotopic (exact) mass is 455 g/mol. The highest BCUT2D eigenvalue weighted by Crippen LogP contribution is 2.46. The molecule has 1 amide bonds. The molecule has 3 rings (SSSR count). The molecule has 2 fully saturated rings. The molecule has 0 unspecified atom stereocenters. The predicted octanol–water partition coefficient (Wildman–Crippen LogP) is 4.54. The Morgan fingerprint density at radius 2 is 1.75 bits per heavy atom. The molecule has 2 saturated carbocycles. The van der Waals surface area contributed by atoms with Crippen molar-refractivity contribution in [2.75, 3.05) is 7.11 Å². The first-order chi connectivity index (χ1) is 14.9. The Kier molecular flexibility index (Phi) is 6.94. The van der Waals surface area contributed by atoms with Crippen LogP contribution in [-0.2, 0) is 24.5 Å². The Morgan fingerprint density at radius 3 is 2.28 bits per heavy atom. The van der Waals surface area contributed by atoms with Crippen molar-refractivity contribution in [2.24, 2.45) is 11.8 Å². The van der Waals surface area contributed by atoms with E-state index in [4.69, 9.17) is 9.47 Å². The minimum absolute atomic E-state index is 0.0428. The molecule has 8 heteroatoms. The number of carbonyl (C=O) groups is 2. The van der Waals surface area contributed by atoms with Crippen molar-refractivity contribution in [1.82, 2.24) is 5.32 Å². The van der Waals surface area contributed by atoms with Crippen molar-refractivity contribution < 1.29 is 32.2 Å². The molecule has 5 atom stereocenters. The Bertz CT molecular complexity index is 826. The van der Waals surface area contributed by atoms with Crippen LogP contribution in [0.15, 0.2) is 30.3 Å². The van der Waals surface area contributed by atoms with E-state index >= 15 is 0 Å². The number of amides is 1. The minimum atomic E-state index is -5.10. The molecule has 5 nitrogen and oxygen atoms in total. The number of benzene rings is 1. The second-order valence-electron chi connectivity index (χ2n) is 9.73. The second-order valence-corrected chi connectivity index (χ2v) is 9.73. The first-order valence-corrected chi connectivity index (χ1v) is 11.1. The fraction of sp³-hybridized carbons (Fsp3) is 0.667. The number of methoxy groups -OCH3 is 1. The molecule has 0 saturated heterocycles. The fourth-order valence-electron chi connectivity index (χ4n) is 5.22. The van der Waals surface area contributed by atoms with Gasteiger partial charge in [-0.05, 0) is 48.5 Å². The SMILES string of the molecule is COC(=O)[C@@]1(NC(=O)C(F)(F)F)CC[C@H]1O[C@@H]1C[C@H](C)CC[C@H]1C(C)(C)c1ccccc1. The van der Waals surface area contributed by atoms with Crippen molar-refractivity contribution >= 4 is 11.9 Å². The summed E-state index contributed by atoms with van der Waals surface area (Å²) in [4.78, 5) is 24.2. The van der Waals surface area contributed by atoms with Crippen molar-refractivity contribution in [3.63, 3.8) is 0 Å². The van der Waals surface area contributed by atoms with Gasteiger partial charge in [-0.3, -0.25) is 4.79 Å². The van der Waals surface area contributed by atoms with E-state index in [1.807, 2.05) is 23.5 Å². The number of hydrogen-bond acceptors (Lipinski definition) is 4. The molecule has 0 radical (unpaired) electrons. The molecule has 0 aliphatic heterocycles. The zero-order chi connectivity index (χ0) is 23.7. The van der Waals surface area contributed by atoms with Crippen molar-refractivity contribution in [3.8, 4) is 0 Å². The third kappa shape index (κ3) is 4.65. The van der Waals surface area contributed by atoms with E-state index in [9.17, 15) is 22.8 Å². The molecule has 1 aromatic rings. The van der Waals surface area contributed by atoms with Gasteiger partial charge in [-0.15, -0.1) is 0 Å². The van der Waals surface area contributed by atoms with Crippen LogP contribution >= 0.6 is 0 Å². The molecule has 0 heterocycles. The largest absolute Gasteiger partial charge is 0.471 e. The second kappa shape index (κ2) is 9.04. The summed E-state index contributed by atoms with van der Waals surface area (Å²) in [5.74, 6) is -2.57. The Balaban J connectivity index is 1.86. The third-order valence-corrected chi connectivity index (χ3v) is 7.33. The van der Waals surface area contributed by atoms with Gasteiger partial charge in [-0.2, -0.15) is 13.2 Å². The summed E-state index contributed by atoms with van der Waals surface area (Å²) in [6.45, 7) is 6.43. The van der Waals surface area contributed by atoms with Crippen LogP contribution in [0.3, 0.4) is 0 Å². The zero-order valence-corrected chi connectivity index (χ0v) is 19.0. The normalized spacial score (nSPS) is 30.8. The van der Waals surface area contributed by atoms with Crippen LogP contribution in [0.25, 0.3) is 0 Å². The lowest BCUT2D eigenvalue weighted by molar-refractivity contribution is -0.197. The summed E-state index contributed by atoms with van der Waals surface area (Å²) in [5, 5.41) is 1.89. The molecule has 0 spiro atoms. The van der Waals surface area contributed by atoms with Gasteiger partial charge < -0.3 is 14.8 Å². The Labute approximate surface area is 187 Å². The number of rotatable bonds is 6. The predicted molar refractivity (Wildman–Crippen MR) is 113 cm³/mol. The van der Waals surface area contributed by atoms with E-state index < -0.39 is 29.7 Å². The van der Waals surface area contributed by atoms with Gasteiger partial charge in [0.05, 0.1) is 19.3 Å². The molecule has 2 aliphatic rings. The first-order valence-electron chi connectivity index (χ1n) is 11.1. The Hall–Kier alpha value is -2.09. The summed E-state index contributed by atoms with van der Waals surface area (Å²) >= 11 is 0. The van der Waals surface area contributed by atoms with E-state index in [-0.39, 0.29) is 23.9 Å². The van der Waals surface area contributed by atoms with E-state index in [2.05, 4.69) is 32.9 Å². The maximum Gasteiger partial charge on any atom is 0.471 e. The lowest BCUT2D eigenvalue weighted by Crippen LogP contribution is -2.71. The minimum Gasteiger partial charge on any atom is -0.467 e. The summed E-state index contributed by atoms with van der Waals surface area (Å²) in [6, 6.07) is 10.1. The molecule has 178 valence electrons. The molecule has 2 aliphatic carbocycles. The third-order valence-electron chi connectivity index (χ3n) is 7.33. The van der Waals surface area contributed by atoms with Gasteiger partial charge in [0, 0.05) is 0 Å². The van der Waals surface area contributed by atoms with Crippen LogP contribution in [-0.4, -0.2) is 42.9 Å². The maximum absolute atomic E-state index is 12.9. The molecule has 0 bridgehead atoms. The summed E-state index contributed by atoms with van der Waals surface area (Å²) in [6.07, 6.45) is -3.14. The topological polar surface area (TPSA) is 64.6 Å². The molecular weight excluding hydrogens is 423 g/mol. The first kappa shape index (κ1) is 24.6. The van der Waals surface area contributed by atoms with Crippen molar-refractivity contribution in [1.29, 1.82) is 0 Å². The average molecular weight is 456 g/mol. The van der Waals surface area contributed by atoms with E-state index in [0.717, 1.165) is 31.9 Å². The van der Waals surface area contributed by atoms with Gasteiger partial charge >= 0.3 is 18.1 Å². The number of halogens is 3. The summed E-state index contributed by atoms with van der Waals surface area (Å²) in [7, 11) is 1.10. The summed E-state index contributed by atoms with van der Waals surface area (Å²) in [5.41, 5.74) is -0.894. The van der Waals surface area contributed by atoms with Crippen LogP contribution in [0, 0.1) is 11.8 Å². The van der Waals surface area contributed by atoms with E-state index in [1.54, 1.807) is 0 Å². The van der Waals surface area contributed by atoms with Crippen LogP contribution in [0.2, 0.25) is 0 Å². The number of esters is 1. The van der Waals surface area contributed by atoms with Crippen LogP contribution < -0.4 is 5.32 Å². The van der Waals surface area contributed by atoms with Crippen LogP contribution in [0.4, 0.5) is 13.2 Å². The Morgan fingerprint density at radius 1 is 1.09 bits per heavy atom. The van der Waals surface area contributed by atoms with Crippen molar-refractivity contribution in [3.05, 3.63) is 35.9 Å². The lowest BCUT2D eigenvalue weighted by Gasteiger charge is -2.51. The standard InChI is InChI=1S/C24H32F3NO4/c1-15-10-11-17(22(2,3)16-8-6-5-7-9-16)18(14-15)32-19-12-13-23(19,21(30)31-4)28-20(29)24(25,26)27/h5-9,15,17-19H,10-14H2,1-4H3,(H,28,29)/t15-,17-,18-,19-,23-/m1/s1. The number of ether oxygens (including phenoxy) is 2. The lowest BCUT2D eigenvalue weighted by atomic mass is 9.64. The molecular formula is C24H32F3NO4. The van der Waals surface area contributed by atoms with E-state index in [0.29, 0.717) is 12.3 Å². The van der Waals surface area contributed by atoms with Gasteiger partial charge in [0.1, 0.15) is 0 Å². The van der Waals surface area contributed by atoms with Crippen LogP contribution in [0.1, 0.15) is 58.4 Å². The van der Waals surface area contributed by atoms with Gasteiger partial charge in [0.15, 0.2) is 5.54 Å². The van der Waals surface area contributed by atoms with Gasteiger partial charge in [0.25, 0.3) is 0 Å². The average Bonchev–Trinajstić information content (AvgIpc) is 2.74. The molecule has 1 aromatic carbocycles. The highest BCUT2D eigenvalue weighted by atomic mass is 19.4. The smallest absolute Gasteiger partial charge is 0.467 e. The number of alkyl halides is 3. The quantitative estimate of drug-likeness (QED) is 0.640. The maximum atomic E-state index is 12.9. The van der Waals surface area contributed by atoms with Crippen molar-refractivity contribution in [2.45, 2.75) is 82.2 Å². The number of nitrogens with one attached hydrogen (secondary N) is 1. The van der Waals surface area contributed by atoms with Gasteiger partial charge in [0.2, 0.25) is 0 Å². The molecule has 1 N–H and O–H groups in total. The van der Waals surface area contributed by atoms with E-state index in [1.165, 1.54) is 0 Å². The molecule has 32 heavy (non-hydrogen) atoms. The number of hydrogen-bond donors (Lipinski definition) is 1. The van der Waals surface area contributed by atoms with Crippen LogP contribution in [0.5, 0.6) is 0 Å². The highest BCUT2D eigenvalue weighted by molar-refractivity contribution is 5.91. The highest BCUT2D eigenvalue weighted by Gasteiger charge is 2.60. The van der Waals surface area contributed by atoms with Gasteiger partial charge in [-0.1, -0.05) is 57.5 Å². The number of carbonyl (C=O) groups excluding carboxylic acids is 2.